The van der Waals surface area contributed by atoms with Crippen LogP contribution in [0.2, 0.25) is 0 Å². The molecule has 1 unspecified atom stereocenters. The zero-order valence-corrected chi connectivity index (χ0v) is 14.5. The molecule has 4 heteroatoms. The fourth-order valence-corrected chi connectivity index (χ4v) is 4.06. The molecule has 1 heterocycles. The van der Waals surface area contributed by atoms with Crippen LogP contribution in [0.25, 0.3) is 0 Å². The highest BCUT2D eigenvalue weighted by Crippen LogP contribution is 2.25. The first-order valence-electron chi connectivity index (χ1n) is 9.42. The minimum atomic E-state index is 0.123. The van der Waals surface area contributed by atoms with Gasteiger partial charge in [-0.15, -0.1) is 0 Å². The minimum absolute atomic E-state index is 0.123. The molecule has 0 aromatic heterocycles. The number of nitrogens with one attached hydrogen (secondary N) is 1. The van der Waals surface area contributed by atoms with E-state index in [2.05, 4.69) is 34.5 Å². The van der Waals surface area contributed by atoms with Crippen molar-refractivity contribution in [3.05, 3.63) is 35.9 Å². The van der Waals surface area contributed by atoms with Crippen molar-refractivity contribution in [2.75, 3.05) is 19.7 Å². The number of rotatable bonds is 5. The molecule has 0 bridgehead atoms. The van der Waals surface area contributed by atoms with Crippen molar-refractivity contribution in [2.45, 2.75) is 51.1 Å². The third kappa shape index (κ3) is 4.81. The number of carbonyl (C=O) groups excluding carboxylic acids is 1. The average Bonchev–Trinajstić information content (AvgIpc) is 2.63. The Morgan fingerprint density at radius 1 is 1.12 bits per heavy atom. The van der Waals surface area contributed by atoms with Gasteiger partial charge in [-0.25, -0.2) is 0 Å². The van der Waals surface area contributed by atoms with E-state index in [4.69, 9.17) is 0 Å². The number of carbonyl (C=O) groups is 1. The molecule has 1 aromatic carbocycles. The van der Waals surface area contributed by atoms with Gasteiger partial charge in [-0.1, -0.05) is 30.3 Å². The Morgan fingerprint density at radius 3 is 2.58 bits per heavy atom. The number of aliphatic hydroxyl groups excluding tert-OH is 1. The van der Waals surface area contributed by atoms with Crippen molar-refractivity contribution in [3.63, 3.8) is 0 Å². The van der Waals surface area contributed by atoms with Crippen molar-refractivity contribution in [3.8, 4) is 0 Å². The molecule has 1 aliphatic heterocycles. The first-order valence-corrected chi connectivity index (χ1v) is 9.42. The third-order valence-corrected chi connectivity index (χ3v) is 5.58. The van der Waals surface area contributed by atoms with Gasteiger partial charge >= 0.3 is 0 Å². The van der Waals surface area contributed by atoms with Gasteiger partial charge in [-0.05, 0) is 56.6 Å². The van der Waals surface area contributed by atoms with E-state index in [1.54, 1.807) is 0 Å². The molecule has 1 aliphatic carbocycles. The number of amides is 1. The van der Waals surface area contributed by atoms with E-state index in [1.165, 1.54) is 5.56 Å². The molecule has 1 saturated heterocycles. The minimum Gasteiger partial charge on any atom is -0.396 e. The summed E-state index contributed by atoms with van der Waals surface area (Å²) >= 11 is 0. The lowest BCUT2D eigenvalue weighted by atomic mass is 9.86. The van der Waals surface area contributed by atoms with Crippen molar-refractivity contribution < 1.29 is 9.90 Å². The summed E-state index contributed by atoms with van der Waals surface area (Å²) in [6.07, 6.45) is 6.19. The predicted molar refractivity (Wildman–Crippen MR) is 95.4 cm³/mol. The van der Waals surface area contributed by atoms with Crippen LogP contribution in [0.3, 0.4) is 0 Å². The first kappa shape index (κ1) is 17.4. The highest BCUT2D eigenvalue weighted by molar-refractivity contribution is 5.79. The molecule has 4 nitrogen and oxygen atoms in total. The van der Waals surface area contributed by atoms with E-state index in [1.807, 2.05) is 6.07 Å². The van der Waals surface area contributed by atoms with Gasteiger partial charge in [0.05, 0.1) is 5.92 Å². The largest absolute Gasteiger partial charge is 0.396 e. The van der Waals surface area contributed by atoms with Crippen LogP contribution in [0.15, 0.2) is 30.3 Å². The van der Waals surface area contributed by atoms with Crippen LogP contribution >= 0.6 is 0 Å². The highest BCUT2D eigenvalue weighted by Gasteiger charge is 2.28. The van der Waals surface area contributed by atoms with Gasteiger partial charge in [0, 0.05) is 25.7 Å². The number of aliphatic hydroxyl groups is 1. The molecule has 132 valence electrons. The van der Waals surface area contributed by atoms with Gasteiger partial charge in [0.1, 0.15) is 0 Å². The smallest absolute Gasteiger partial charge is 0.224 e. The van der Waals surface area contributed by atoms with E-state index in [0.29, 0.717) is 12.0 Å². The molecule has 1 atom stereocenters. The summed E-state index contributed by atoms with van der Waals surface area (Å²) < 4.78 is 0. The number of piperidine rings is 1. The maximum Gasteiger partial charge on any atom is 0.224 e. The van der Waals surface area contributed by atoms with Crippen LogP contribution in [0.4, 0.5) is 0 Å². The maximum absolute atomic E-state index is 12.6. The van der Waals surface area contributed by atoms with Gasteiger partial charge in [0.15, 0.2) is 0 Å². The van der Waals surface area contributed by atoms with Gasteiger partial charge in [-0.2, -0.15) is 0 Å². The van der Waals surface area contributed by atoms with Crippen LogP contribution in [0, 0.1) is 11.8 Å². The Labute approximate surface area is 145 Å². The van der Waals surface area contributed by atoms with E-state index in [9.17, 15) is 9.90 Å². The van der Waals surface area contributed by atoms with Crippen LogP contribution in [0.1, 0.15) is 44.1 Å². The molecular weight excluding hydrogens is 300 g/mol. The topological polar surface area (TPSA) is 52.6 Å². The summed E-state index contributed by atoms with van der Waals surface area (Å²) in [5, 5.41) is 12.5. The van der Waals surface area contributed by atoms with E-state index in [0.717, 1.165) is 58.2 Å². The van der Waals surface area contributed by atoms with Crippen molar-refractivity contribution in [1.29, 1.82) is 0 Å². The lowest BCUT2D eigenvalue weighted by Gasteiger charge is -2.34. The van der Waals surface area contributed by atoms with Crippen LogP contribution in [-0.4, -0.2) is 41.7 Å². The van der Waals surface area contributed by atoms with Crippen LogP contribution in [0.5, 0.6) is 0 Å². The zero-order chi connectivity index (χ0) is 16.8. The lowest BCUT2D eigenvalue weighted by molar-refractivity contribution is -0.127. The van der Waals surface area contributed by atoms with Crippen molar-refractivity contribution >= 4 is 5.91 Å². The standard InChI is InChI=1S/C20H30N2O2/c23-15-17-8-10-19(11-9-17)21-20(24)18-7-4-12-22(14-18)13-16-5-2-1-3-6-16/h1-3,5-6,17-19,23H,4,7-15H2,(H,21,24). The zero-order valence-electron chi connectivity index (χ0n) is 14.5. The summed E-state index contributed by atoms with van der Waals surface area (Å²) in [6, 6.07) is 10.8. The quantitative estimate of drug-likeness (QED) is 0.872. The predicted octanol–water partition coefficient (Wildman–Crippen LogP) is 2.57. The Balaban J connectivity index is 1.46. The Hall–Kier alpha value is -1.39. The molecule has 3 rings (SSSR count). The van der Waals surface area contributed by atoms with Gasteiger partial charge in [-0.3, -0.25) is 9.69 Å². The first-order chi connectivity index (χ1) is 11.7. The molecule has 2 N–H and O–H groups in total. The second-order valence-electron chi connectivity index (χ2n) is 7.47. The van der Waals surface area contributed by atoms with Crippen LogP contribution in [-0.2, 0) is 11.3 Å². The van der Waals surface area contributed by atoms with E-state index >= 15 is 0 Å². The number of likely N-dealkylation sites (tertiary alicyclic amines) is 1. The molecule has 1 saturated carbocycles. The summed E-state index contributed by atoms with van der Waals surface area (Å²) in [7, 11) is 0. The molecular formula is C20H30N2O2. The molecule has 0 radical (unpaired) electrons. The highest BCUT2D eigenvalue weighted by atomic mass is 16.3. The van der Waals surface area contributed by atoms with Gasteiger partial charge in [0.2, 0.25) is 5.91 Å². The summed E-state index contributed by atoms with van der Waals surface area (Å²) in [4.78, 5) is 15.0. The molecule has 0 spiro atoms. The number of hydrogen-bond donors (Lipinski definition) is 2. The Bertz CT molecular complexity index is 512. The van der Waals surface area contributed by atoms with Crippen molar-refractivity contribution in [2.24, 2.45) is 11.8 Å². The van der Waals surface area contributed by atoms with Crippen LogP contribution < -0.4 is 5.32 Å². The normalized spacial score (nSPS) is 28.5. The molecule has 1 amide bonds. The molecule has 2 fully saturated rings. The van der Waals surface area contributed by atoms with Gasteiger partial charge < -0.3 is 10.4 Å². The fourth-order valence-electron chi connectivity index (χ4n) is 4.06. The van der Waals surface area contributed by atoms with Crippen molar-refractivity contribution in [1.82, 2.24) is 10.2 Å². The van der Waals surface area contributed by atoms with E-state index in [-0.39, 0.29) is 18.4 Å². The number of nitrogens with zero attached hydrogens (tertiary/aromatic N) is 1. The second kappa shape index (κ2) is 8.63. The fraction of sp³-hybridized carbons (Fsp3) is 0.650. The number of benzene rings is 1. The second-order valence-corrected chi connectivity index (χ2v) is 7.47. The summed E-state index contributed by atoms with van der Waals surface area (Å²) in [5.74, 6) is 0.799. The lowest BCUT2D eigenvalue weighted by Crippen LogP contribution is -2.46. The number of hydrogen-bond acceptors (Lipinski definition) is 3. The summed E-state index contributed by atoms with van der Waals surface area (Å²) in [5.41, 5.74) is 1.32. The van der Waals surface area contributed by atoms with Gasteiger partial charge in [0.25, 0.3) is 0 Å². The Morgan fingerprint density at radius 2 is 1.88 bits per heavy atom. The monoisotopic (exact) mass is 330 g/mol. The maximum atomic E-state index is 12.6. The molecule has 24 heavy (non-hydrogen) atoms. The Kier molecular flexibility index (Phi) is 6.27. The van der Waals surface area contributed by atoms with E-state index < -0.39 is 0 Å². The molecule has 1 aromatic rings. The molecule has 2 aliphatic rings. The summed E-state index contributed by atoms with van der Waals surface area (Å²) in [6.45, 7) is 3.18. The average molecular weight is 330 g/mol. The SMILES string of the molecule is O=C(NC1CCC(CO)CC1)C1CCCN(Cc2ccccc2)C1. The third-order valence-electron chi connectivity index (χ3n) is 5.58.